The molecule has 1 fully saturated rings. The molecule has 0 aliphatic carbocycles. The zero-order valence-corrected chi connectivity index (χ0v) is 23.3. The van der Waals surface area contributed by atoms with Crippen LogP contribution in [0.2, 0.25) is 0 Å². The number of imidazole rings is 1. The number of aromatic nitrogens is 2. The molecular formula is C32H34N4O5. The minimum absolute atomic E-state index is 0.120. The fraction of sp³-hybridized carbons (Fsp3) is 0.281. The molecule has 9 nitrogen and oxygen atoms in total. The van der Waals surface area contributed by atoms with Gasteiger partial charge in [-0.1, -0.05) is 42.5 Å². The molecule has 0 radical (unpaired) electrons. The average Bonchev–Trinajstić information content (AvgIpc) is 3.67. The molecule has 1 atom stereocenters. The quantitative estimate of drug-likeness (QED) is 0.274. The minimum Gasteiger partial charge on any atom is -0.497 e. The standard InChI is InChI=1S/C32H34N4O5/c1-3-40-27-15-8-13-25(19-27)36-21-29(23-10-5-4-6-11-23)33-32(36)34-30(37)22-35(20-28-16-9-17-41-28)31(38)24-12-7-14-26(18-24)39-2/h4-8,10-15,18-19,21,28H,3,9,16-17,20,22H2,1-2H3,(H,33,34,37). The molecule has 1 N–H and O–H groups in total. The molecule has 212 valence electrons. The molecule has 0 spiro atoms. The summed E-state index contributed by atoms with van der Waals surface area (Å²) in [6.07, 6.45) is 3.52. The maximum atomic E-state index is 13.6. The van der Waals surface area contributed by atoms with Crippen LogP contribution in [-0.2, 0) is 9.53 Å². The molecular weight excluding hydrogens is 520 g/mol. The molecule has 4 aromatic rings. The largest absolute Gasteiger partial charge is 0.497 e. The Hall–Kier alpha value is -4.63. The van der Waals surface area contributed by atoms with Gasteiger partial charge in [0.05, 0.1) is 31.2 Å². The van der Waals surface area contributed by atoms with Crippen molar-refractivity contribution in [3.05, 3.63) is 90.6 Å². The summed E-state index contributed by atoms with van der Waals surface area (Å²) in [5.74, 6) is 0.985. The van der Waals surface area contributed by atoms with E-state index in [1.807, 2.05) is 72.3 Å². The lowest BCUT2D eigenvalue weighted by Crippen LogP contribution is -2.42. The highest BCUT2D eigenvalue weighted by Crippen LogP contribution is 2.26. The van der Waals surface area contributed by atoms with Gasteiger partial charge in [0, 0.05) is 36.5 Å². The van der Waals surface area contributed by atoms with Gasteiger partial charge in [-0.3, -0.25) is 19.5 Å². The molecule has 1 aromatic heterocycles. The smallest absolute Gasteiger partial charge is 0.254 e. The van der Waals surface area contributed by atoms with E-state index >= 15 is 0 Å². The monoisotopic (exact) mass is 554 g/mol. The van der Waals surface area contributed by atoms with Crippen molar-refractivity contribution < 1.29 is 23.8 Å². The molecule has 1 aliphatic heterocycles. The van der Waals surface area contributed by atoms with E-state index in [2.05, 4.69) is 5.32 Å². The second-order valence-corrected chi connectivity index (χ2v) is 9.72. The van der Waals surface area contributed by atoms with Crippen molar-refractivity contribution in [2.24, 2.45) is 0 Å². The molecule has 2 amide bonds. The number of carbonyl (C=O) groups excluding carboxylic acids is 2. The number of nitrogens with zero attached hydrogens (tertiary/aromatic N) is 3. The van der Waals surface area contributed by atoms with Gasteiger partial charge in [0.1, 0.15) is 18.0 Å². The molecule has 0 bridgehead atoms. The summed E-state index contributed by atoms with van der Waals surface area (Å²) in [4.78, 5) is 33.4. The first kappa shape index (κ1) is 27.9. The number of hydrogen-bond acceptors (Lipinski definition) is 6. The number of methoxy groups -OCH3 is 1. The number of rotatable bonds is 11. The number of anilines is 1. The van der Waals surface area contributed by atoms with E-state index in [1.165, 1.54) is 4.90 Å². The van der Waals surface area contributed by atoms with Gasteiger partial charge in [0.25, 0.3) is 5.91 Å². The van der Waals surface area contributed by atoms with E-state index in [1.54, 1.807) is 31.4 Å². The van der Waals surface area contributed by atoms with Crippen LogP contribution in [0, 0.1) is 0 Å². The SMILES string of the molecule is CCOc1cccc(-n2cc(-c3ccccc3)nc2NC(=O)CN(CC2CCCO2)C(=O)c2cccc(OC)c2)c1. The average molecular weight is 555 g/mol. The number of nitrogens with one attached hydrogen (secondary N) is 1. The first-order valence-electron chi connectivity index (χ1n) is 13.8. The highest BCUT2D eigenvalue weighted by Gasteiger charge is 2.26. The van der Waals surface area contributed by atoms with Crippen molar-refractivity contribution in [2.45, 2.75) is 25.9 Å². The molecule has 1 aliphatic rings. The van der Waals surface area contributed by atoms with Crippen molar-refractivity contribution in [1.82, 2.24) is 14.5 Å². The Morgan fingerprint density at radius 2 is 1.85 bits per heavy atom. The van der Waals surface area contributed by atoms with Crippen molar-refractivity contribution in [1.29, 1.82) is 0 Å². The summed E-state index contributed by atoms with van der Waals surface area (Å²) in [5, 5.41) is 2.95. The van der Waals surface area contributed by atoms with Gasteiger partial charge in [0.2, 0.25) is 11.9 Å². The zero-order chi connectivity index (χ0) is 28.6. The Kier molecular flexibility index (Phi) is 8.95. The van der Waals surface area contributed by atoms with Crippen molar-refractivity contribution in [2.75, 3.05) is 38.7 Å². The Morgan fingerprint density at radius 1 is 1.05 bits per heavy atom. The molecule has 0 saturated carbocycles. The summed E-state index contributed by atoms with van der Waals surface area (Å²) in [7, 11) is 1.55. The van der Waals surface area contributed by atoms with Gasteiger partial charge in [-0.05, 0) is 50.1 Å². The third-order valence-corrected chi connectivity index (χ3v) is 6.82. The van der Waals surface area contributed by atoms with Crippen molar-refractivity contribution in [3.63, 3.8) is 0 Å². The Bertz CT molecular complexity index is 1480. The maximum absolute atomic E-state index is 13.6. The highest BCUT2D eigenvalue weighted by molar-refractivity contribution is 5.99. The fourth-order valence-electron chi connectivity index (χ4n) is 4.83. The predicted octanol–water partition coefficient (Wildman–Crippen LogP) is 5.21. The van der Waals surface area contributed by atoms with E-state index in [0.717, 1.165) is 24.1 Å². The number of amides is 2. The molecule has 2 heterocycles. The highest BCUT2D eigenvalue weighted by atomic mass is 16.5. The van der Waals surface area contributed by atoms with E-state index in [-0.39, 0.29) is 24.5 Å². The third-order valence-electron chi connectivity index (χ3n) is 6.82. The normalized spacial score (nSPS) is 14.4. The van der Waals surface area contributed by atoms with Crippen LogP contribution in [0.3, 0.4) is 0 Å². The second-order valence-electron chi connectivity index (χ2n) is 9.72. The number of carbonyl (C=O) groups is 2. The van der Waals surface area contributed by atoms with E-state index < -0.39 is 0 Å². The van der Waals surface area contributed by atoms with Gasteiger partial charge >= 0.3 is 0 Å². The van der Waals surface area contributed by atoms with Gasteiger partial charge in [-0.25, -0.2) is 4.98 Å². The molecule has 41 heavy (non-hydrogen) atoms. The van der Waals surface area contributed by atoms with Crippen LogP contribution in [0.1, 0.15) is 30.1 Å². The van der Waals surface area contributed by atoms with Gasteiger partial charge in [-0.2, -0.15) is 0 Å². The summed E-state index contributed by atoms with van der Waals surface area (Å²) in [6, 6.07) is 24.3. The second kappa shape index (κ2) is 13.1. The van der Waals surface area contributed by atoms with Gasteiger partial charge in [-0.15, -0.1) is 0 Å². The Morgan fingerprint density at radius 3 is 2.61 bits per heavy atom. The van der Waals surface area contributed by atoms with Crippen LogP contribution in [0.4, 0.5) is 5.95 Å². The summed E-state index contributed by atoms with van der Waals surface area (Å²) < 4.78 is 18.6. The molecule has 1 saturated heterocycles. The van der Waals surface area contributed by atoms with Crippen LogP contribution in [0.25, 0.3) is 16.9 Å². The molecule has 1 unspecified atom stereocenters. The summed E-state index contributed by atoms with van der Waals surface area (Å²) >= 11 is 0. The first-order chi connectivity index (χ1) is 20.0. The summed E-state index contributed by atoms with van der Waals surface area (Å²) in [6.45, 7) is 3.26. The number of ether oxygens (including phenoxy) is 3. The third kappa shape index (κ3) is 6.93. The minimum atomic E-state index is -0.369. The van der Waals surface area contributed by atoms with Crippen LogP contribution in [0.5, 0.6) is 11.5 Å². The molecule has 5 rings (SSSR count). The lowest BCUT2D eigenvalue weighted by molar-refractivity contribution is -0.117. The van der Waals surface area contributed by atoms with E-state index in [9.17, 15) is 9.59 Å². The Balaban J connectivity index is 1.42. The van der Waals surface area contributed by atoms with Crippen molar-refractivity contribution >= 4 is 17.8 Å². The number of hydrogen-bond donors (Lipinski definition) is 1. The predicted molar refractivity (Wildman–Crippen MR) is 157 cm³/mol. The summed E-state index contributed by atoms with van der Waals surface area (Å²) in [5.41, 5.74) is 2.84. The van der Waals surface area contributed by atoms with Crippen LogP contribution < -0.4 is 14.8 Å². The van der Waals surface area contributed by atoms with Gasteiger partial charge in [0.15, 0.2) is 0 Å². The van der Waals surface area contributed by atoms with E-state index in [0.29, 0.717) is 48.5 Å². The van der Waals surface area contributed by atoms with Crippen LogP contribution in [-0.4, -0.2) is 65.8 Å². The van der Waals surface area contributed by atoms with Gasteiger partial charge < -0.3 is 19.1 Å². The molecule has 9 heteroatoms. The van der Waals surface area contributed by atoms with Crippen LogP contribution >= 0.6 is 0 Å². The zero-order valence-electron chi connectivity index (χ0n) is 23.3. The lowest BCUT2D eigenvalue weighted by Gasteiger charge is -2.25. The number of benzene rings is 3. The molecule has 3 aromatic carbocycles. The first-order valence-corrected chi connectivity index (χ1v) is 13.8. The van der Waals surface area contributed by atoms with Crippen LogP contribution in [0.15, 0.2) is 85.1 Å². The maximum Gasteiger partial charge on any atom is 0.254 e. The van der Waals surface area contributed by atoms with Crippen molar-refractivity contribution in [3.8, 4) is 28.4 Å². The Labute approximate surface area is 239 Å². The van der Waals surface area contributed by atoms with E-state index in [4.69, 9.17) is 19.2 Å². The lowest BCUT2D eigenvalue weighted by atomic mass is 10.1. The topological polar surface area (TPSA) is 94.9 Å². The fourth-order valence-corrected chi connectivity index (χ4v) is 4.83.